The van der Waals surface area contributed by atoms with E-state index >= 15 is 0 Å². The molecule has 0 saturated carbocycles. The smallest absolute Gasteiger partial charge is 0.256 e. The lowest BCUT2D eigenvalue weighted by Crippen LogP contribution is -2.39. The molecule has 0 spiro atoms. The van der Waals surface area contributed by atoms with Gasteiger partial charge in [0.25, 0.3) is 5.91 Å². The maximum Gasteiger partial charge on any atom is 0.256 e. The molecule has 2 aromatic heterocycles. The van der Waals surface area contributed by atoms with E-state index in [9.17, 15) is 9.00 Å². The Morgan fingerprint density at radius 1 is 1.37 bits per heavy atom. The van der Waals surface area contributed by atoms with Gasteiger partial charge in [-0.15, -0.1) is 0 Å². The fourth-order valence-corrected chi connectivity index (χ4v) is 5.10. The Morgan fingerprint density at radius 3 is 2.86 bits per heavy atom. The van der Waals surface area contributed by atoms with E-state index in [1.165, 1.54) is 6.26 Å². The van der Waals surface area contributed by atoms with Gasteiger partial charge in [0.05, 0.1) is 23.0 Å². The molecule has 1 fully saturated rings. The SMILES string of the molecule is C=S(C)(=O)Nc1ccc(Cl)cc1C(=O)N1CCCC[C@H]1c1cc2nc(NCC(C)N)c(C)cn2n1. The van der Waals surface area contributed by atoms with Gasteiger partial charge >= 0.3 is 0 Å². The summed E-state index contributed by atoms with van der Waals surface area (Å²) < 4.78 is 16.9. The van der Waals surface area contributed by atoms with Crippen molar-refractivity contribution in [2.45, 2.75) is 45.2 Å². The van der Waals surface area contributed by atoms with Crippen molar-refractivity contribution < 1.29 is 9.00 Å². The molecule has 0 aliphatic carbocycles. The molecule has 3 atom stereocenters. The molecule has 3 aromatic rings. The Labute approximate surface area is 211 Å². The van der Waals surface area contributed by atoms with Crippen molar-refractivity contribution >= 4 is 50.2 Å². The summed E-state index contributed by atoms with van der Waals surface area (Å²) in [4.78, 5) is 20.3. The van der Waals surface area contributed by atoms with Gasteiger partial charge < -0.3 is 20.7 Å². The second-order valence-corrected chi connectivity index (χ2v) is 12.0. The van der Waals surface area contributed by atoms with E-state index in [1.54, 1.807) is 22.7 Å². The quantitative estimate of drug-likeness (QED) is 0.413. The number of anilines is 2. The second-order valence-electron chi connectivity index (χ2n) is 9.31. The minimum Gasteiger partial charge on any atom is -0.368 e. The van der Waals surface area contributed by atoms with Crippen LogP contribution in [0.3, 0.4) is 0 Å². The Kier molecular flexibility index (Phi) is 7.25. The lowest BCUT2D eigenvalue weighted by atomic mass is 9.98. The maximum atomic E-state index is 13.8. The largest absolute Gasteiger partial charge is 0.368 e. The minimum atomic E-state index is -2.58. The van der Waals surface area contributed by atoms with Crippen molar-refractivity contribution in [1.29, 1.82) is 0 Å². The van der Waals surface area contributed by atoms with Crippen molar-refractivity contribution in [1.82, 2.24) is 19.5 Å². The molecular weight excluding hydrogens is 486 g/mol. The highest BCUT2D eigenvalue weighted by molar-refractivity contribution is 8.00. The number of hydrogen-bond donors (Lipinski definition) is 3. The van der Waals surface area contributed by atoms with Crippen LogP contribution in [0.4, 0.5) is 11.5 Å². The fourth-order valence-electron chi connectivity index (χ4n) is 4.28. The Bertz CT molecular complexity index is 1350. The van der Waals surface area contributed by atoms with E-state index in [0.29, 0.717) is 35.0 Å². The Hall–Kier alpha value is -2.82. The summed E-state index contributed by atoms with van der Waals surface area (Å²) in [5, 5.41) is 8.48. The number of piperidine rings is 1. The molecule has 4 rings (SSSR count). The van der Waals surface area contributed by atoms with E-state index in [1.807, 2.05) is 31.0 Å². The average Bonchev–Trinajstić information content (AvgIpc) is 3.19. The molecular formula is C24H32ClN7O2S. The Morgan fingerprint density at radius 2 is 2.14 bits per heavy atom. The first-order chi connectivity index (χ1) is 16.5. The number of amides is 1. The minimum absolute atomic E-state index is 0.00477. The number of nitrogens with zero attached hydrogens (tertiary/aromatic N) is 4. The molecule has 11 heteroatoms. The number of carbonyl (C=O) groups excluding carboxylic acids is 1. The number of nitrogens with two attached hydrogens (primary N) is 1. The van der Waals surface area contributed by atoms with Crippen molar-refractivity contribution in [2.24, 2.45) is 5.73 Å². The zero-order valence-corrected chi connectivity index (χ0v) is 21.8. The number of aryl methyl sites for hydroxylation is 1. The van der Waals surface area contributed by atoms with Crippen LogP contribution in [0.25, 0.3) is 5.65 Å². The van der Waals surface area contributed by atoms with Gasteiger partial charge in [-0.1, -0.05) is 11.6 Å². The first kappa shape index (κ1) is 25.3. The molecule has 188 valence electrons. The predicted octanol–water partition coefficient (Wildman–Crippen LogP) is 3.49. The highest BCUT2D eigenvalue weighted by Gasteiger charge is 2.32. The normalized spacial score (nSPS) is 18.8. The van der Waals surface area contributed by atoms with Gasteiger partial charge in [0.1, 0.15) is 5.82 Å². The van der Waals surface area contributed by atoms with Crippen molar-refractivity contribution in [3.63, 3.8) is 0 Å². The molecule has 1 aliphatic heterocycles. The van der Waals surface area contributed by atoms with Crippen molar-refractivity contribution in [3.05, 3.63) is 52.3 Å². The zero-order chi connectivity index (χ0) is 25.3. The molecule has 9 nitrogen and oxygen atoms in total. The van der Waals surface area contributed by atoms with Crippen LogP contribution in [0, 0.1) is 6.92 Å². The summed E-state index contributed by atoms with van der Waals surface area (Å²) in [7, 11) is -2.58. The molecule has 1 aromatic carbocycles. The number of nitrogens with one attached hydrogen (secondary N) is 2. The van der Waals surface area contributed by atoms with Crippen LogP contribution in [-0.4, -0.2) is 60.9 Å². The number of fused-ring (bicyclic) bond motifs is 1. The van der Waals surface area contributed by atoms with Crippen molar-refractivity contribution in [3.8, 4) is 0 Å². The second kappa shape index (κ2) is 10.0. The fraction of sp³-hybridized carbons (Fsp3) is 0.417. The van der Waals surface area contributed by atoms with Gasteiger partial charge in [-0.2, -0.15) is 5.10 Å². The van der Waals surface area contributed by atoms with Gasteiger partial charge in [0.15, 0.2) is 5.65 Å². The van der Waals surface area contributed by atoms with E-state index in [4.69, 9.17) is 27.4 Å². The number of carbonyl (C=O) groups is 1. The number of aromatic nitrogens is 3. The molecule has 35 heavy (non-hydrogen) atoms. The van der Waals surface area contributed by atoms with Gasteiger partial charge in [-0.05, 0) is 57.2 Å². The van der Waals surface area contributed by atoms with Crippen molar-refractivity contribution in [2.75, 3.05) is 29.4 Å². The molecule has 1 amide bonds. The predicted molar refractivity (Wildman–Crippen MR) is 144 cm³/mol. The van der Waals surface area contributed by atoms with Crippen LogP contribution >= 0.6 is 11.6 Å². The lowest BCUT2D eigenvalue weighted by Gasteiger charge is -2.35. The van der Waals surface area contributed by atoms with E-state index in [-0.39, 0.29) is 18.0 Å². The molecule has 1 aliphatic rings. The van der Waals surface area contributed by atoms with Gasteiger partial charge in [-0.25, -0.2) is 13.7 Å². The number of likely N-dealkylation sites (tertiary alicyclic amines) is 1. The van der Waals surface area contributed by atoms with E-state index in [0.717, 1.165) is 36.3 Å². The van der Waals surface area contributed by atoms with Gasteiger partial charge in [0, 0.05) is 57.9 Å². The van der Waals surface area contributed by atoms with Crippen LogP contribution in [0.5, 0.6) is 0 Å². The molecule has 0 bridgehead atoms. The third kappa shape index (κ3) is 5.88. The van der Waals surface area contributed by atoms with E-state index in [2.05, 4.69) is 15.9 Å². The number of rotatable bonds is 7. The monoisotopic (exact) mass is 517 g/mol. The first-order valence-electron chi connectivity index (χ1n) is 11.6. The third-order valence-electron chi connectivity index (χ3n) is 5.89. The van der Waals surface area contributed by atoms with E-state index < -0.39 is 9.71 Å². The topological polar surface area (TPSA) is 118 Å². The lowest BCUT2D eigenvalue weighted by molar-refractivity contribution is 0.0607. The highest BCUT2D eigenvalue weighted by Crippen LogP contribution is 2.34. The molecule has 1 saturated heterocycles. The average molecular weight is 518 g/mol. The Balaban J connectivity index is 1.68. The summed E-state index contributed by atoms with van der Waals surface area (Å²) in [6, 6.07) is 6.65. The first-order valence-corrected chi connectivity index (χ1v) is 14.1. The highest BCUT2D eigenvalue weighted by atomic mass is 35.5. The third-order valence-corrected chi connectivity index (χ3v) is 6.77. The standard InChI is InChI=1S/C24H32ClN7O2S/c1-15-14-32-22(28-23(15)27-13-16(2)26)12-20(29-32)21-7-5-6-10-31(21)24(33)18-11-17(25)8-9-19(18)30-35(3,4)34/h8-9,11-12,14,16,21H,3,5-7,10,13,26H2,1-2,4H3,(H,27,28)(H,30,34)/t16?,21-,35?/m0/s1. The van der Waals surface area contributed by atoms with Crippen LogP contribution in [0.2, 0.25) is 5.02 Å². The van der Waals surface area contributed by atoms with Crippen LogP contribution in [-0.2, 0) is 9.71 Å². The van der Waals surface area contributed by atoms with Crippen LogP contribution < -0.4 is 15.8 Å². The van der Waals surface area contributed by atoms with Gasteiger partial charge in [0.2, 0.25) is 0 Å². The molecule has 2 unspecified atom stereocenters. The zero-order valence-electron chi connectivity index (χ0n) is 20.3. The van der Waals surface area contributed by atoms with Crippen LogP contribution in [0.1, 0.15) is 53.8 Å². The summed E-state index contributed by atoms with van der Waals surface area (Å²) in [6.45, 7) is 5.10. The summed E-state index contributed by atoms with van der Waals surface area (Å²) in [5.41, 5.74) is 9.12. The van der Waals surface area contributed by atoms with Crippen LogP contribution in [0.15, 0.2) is 30.5 Å². The maximum absolute atomic E-state index is 13.8. The number of halogens is 1. The summed E-state index contributed by atoms with van der Waals surface area (Å²) in [6.07, 6.45) is 6.07. The van der Waals surface area contributed by atoms with Gasteiger partial charge in [-0.3, -0.25) is 4.79 Å². The number of benzene rings is 1. The molecule has 3 heterocycles. The summed E-state index contributed by atoms with van der Waals surface area (Å²) >= 11 is 6.23. The summed E-state index contributed by atoms with van der Waals surface area (Å²) in [5.74, 6) is 4.23. The number of hydrogen-bond acceptors (Lipinski definition) is 6. The molecule has 4 N–H and O–H groups in total. The molecule has 0 radical (unpaired) electrons.